The van der Waals surface area contributed by atoms with Crippen LogP contribution in [-0.4, -0.2) is 62.8 Å². The van der Waals surface area contributed by atoms with Crippen LogP contribution < -0.4 is 5.32 Å². The molecule has 2 aliphatic rings. The molecule has 1 aromatic rings. The highest BCUT2D eigenvalue weighted by molar-refractivity contribution is 7.91. The summed E-state index contributed by atoms with van der Waals surface area (Å²) in [6.45, 7) is 3.54. The minimum absolute atomic E-state index is 0.0259. The Morgan fingerprint density at radius 1 is 1.21 bits per heavy atom. The minimum Gasteiger partial charge on any atom is -0.341 e. The van der Waals surface area contributed by atoms with E-state index in [9.17, 15) is 13.2 Å². The molecule has 0 bridgehead atoms. The molecule has 0 saturated carbocycles. The Morgan fingerprint density at radius 2 is 2.04 bits per heavy atom. The molecule has 0 spiro atoms. The number of nitrogens with zero attached hydrogens (tertiary/aromatic N) is 2. The van der Waals surface area contributed by atoms with Gasteiger partial charge >= 0.3 is 0 Å². The monoisotopic (exact) mass is 391 g/mol. The molecule has 0 aliphatic carbocycles. The number of halogens is 1. The van der Waals surface area contributed by atoms with E-state index in [0.717, 1.165) is 37.3 Å². The Hall–Kier alpha value is -0.670. The predicted octanol–water partition coefficient (Wildman–Crippen LogP) is 1.62. The van der Waals surface area contributed by atoms with Gasteiger partial charge in [0.05, 0.1) is 10.3 Å². The van der Waals surface area contributed by atoms with E-state index < -0.39 is 10.0 Å². The summed E-state index contributed by atoms with van der Waals surface area (Å²) in [7, 11) is -3.52. The first kappa shape index (κ1) is 18.1. The van der Waals surface area contributed by atoms with Crippen LogP contribution in [0.15, 0.2) is 16.3 Å². The molecule has 24 heavy (non-hydrogen) atoms. The first-order valence-corrected chi connectivity index (χ1v) is 10.9. The Kier molecular flexibility index (Phi) is 5.82. The van der Waals surface area contributed by atoms with Gasteiger partial charge in [-0.2, -0.15) is 4.31 Å². The Bertz CT molecular complexity index is 686. The zero-order chi connectivity index (χ0) is 17.2. The minimum atomic E-state index is -3.52. The average Bonchev–Trinajstić information content (AvgIpc) is 2.88. The summed E-state index contributed by atoms with van der Waals surface area (Å²) in [6.07, 6.45) is 2.59. The summed E-state index contributed by atoms with van der Waals surface area (Å²) in [4.78, 5) is 14.5. The third-order valence-corrected chi connectivity index (χ3v) is 8.15. The molecule has 2 fully saturated rings. The van der Waals surface area contributed by atoms with Crippen LogP contribution in [-0.2, 0) is 14.8 Å². The van der Waals surface area contributed by atoms with Gasteiger partial charge in [0.1, 0.15) is 4.21 Å². The van der Waals surface area contributed by atoms with Crippen LogP contribution in [0.3, 0.4) is 0 Å². The number of sulfonamides is 1. The SMILES string of the molecule is O=C(C1CCCNC1)N1CCCN(S(=O)(=O)c2ccc(Cl)s2)CC1. The lowest BCUT2D eigenvalue weighted by Crippen LogP contribution is -2.44. The second kappa shape index (κ2) is 7.70. The van der Waals surface area contributed by atoms with Crippen LogP contribution in [0, 0.1) is 5.92 Å². The second-order valence-corrected chi connectivity index (χ2v) is 10.1. The number of carbonyl (C=O) groups excluding carboxylic acids is 1. The summed E-state index contributed by atoms with van der Waals surface area (Å²) in [6, 6.07) is 3.15. The molecule has 0 aromatic carbocycles. The van der Waals surface area contributed by atoms with Crippen LogP contribution in [0.4, 0.5) is 0 Å². The molecular weight excluding hydrogens is 370 g/mol. The topological polar surface area (TPSA) is 69.7 Å². The molecular formula is C15H22ClN3O3S2. The number of rotatable bonds is 3. The standard InChI is InChI=1S/C15H22ClN3O3S2/c16-13-4-5-14(23-13)24(21,22)19-8-2-7-18(9-10-19)15(20)12-3-1-6-17-11-12/h4-5,12,17H,1-3,6-11H2. The second-order valence-electron chi connectivity index (χ2n) is 6.18. The highest BCUT2D eigenvalue weighted by Crippen LogP contribution is 2.28. The maximum Gasteiger partial charge on any atom is 0.252 e. The third-order valence-electron chi connectivity index (χ3n) is 4.56. The van der Waals surface area contributed by atoms with E-state index in [1.165, 1.54) is 4.31 Å². The predicted molar refractivity (Wildman–Crippen MR) is 94.9 cm³/mol. The first-order chi connectivity index (χ1) is 11.5. The van der Waals surface area contributed by atoms with Crippen molar-refractivity contribution in [3.8, 4) is 0 Å². The van der Waals surface area contributed by atoms with E-state index in [4.69, 9.17) is 11.6 Å². The molecule has 2 saturated heterocycles. The van der Waals surface area contributed by atoms with Crippen molar-refractivity contribution in [1.82, 2.24) is 14.5 Å². The van der Waals surface area contributed by atoms with Gasteiger partial charge in [-0.3, -0.25) is 4.79 Å². The molecule has 0 radical (unpaired) electrons. The normalized spacial score (nSPS) is 23.9. The van der Waals surface area contributed by atoms with E-state index in [2.05, 4.69) is 5.32 Å². The van der Waals surface area contributed by atoms with Crippen molar-refractivity contribution in [2.75, 3.05) is 39.3 Å². The number of carbonyl (C=O) groups is 1. The number of piperidine rings is 1. The summed E-state index contributed by atoms with van der Waals surface area (Å²) in [5.74, 6) is 0.179. The molecule has 6 nitrogen and oxygen atoms in total. The zero-order valence-electron chi connectivity index (χ0n) is 13.4. The van der Waals surface area contributed by atoms with Gasteiger partial charge in [0.25, 0.3) is 10.0 Å². The van der Waals surface area contributed by atoms with Gasteiger partial charge in [0, 0.05) is 32.7 Å². The fourth-order valence-electron chi connectivity index (χ4n) is 3.24. The molecule has 1 N–H and O–H groups in total. The van der Waals surface area contributed by atoms with Crippen LogP contribution in [0.1, 0.15) is 19.3 Å². The number of hydrogen-bond donors (Lipinski definition) is 1. The molecule has 1 amide bonds. The van der Waals surface area contributed by atoms with E-state index in [1.54, 1.807) is 12.1 Å². The lowest BCUT2D eigenvalue weighted by molar-refractivity contribution is -0.135. The van der Waals surface area contributed by atoms with Crippen molar-refractivity contribution in [3.63, 3.8) is 0 Å². The quantitative estimate of drug-likeness (QED) is 0.850. The molecule has 3 rings (SSSR count). The highest BCUT2D eigenvalue weighted by Gasteiger charge is 2.31. The number of amides is 1. The van der Waals surface area contributed by atoms with Crippen LogP contribution in [0.2, 0.25) is 4.34 Å². The van der Waals surface area contributed by atoms with Crippen LogP contribution in [0.25, 0.3) is 0 Å². The Morgan fingerprint density at radius 3 is 2.71 bits per heavy atom. The zero-order valence-corrected chi connectivity index (χ0v) is 15.8. The van der Waals surface area contributed by atoms with E-state index in [0.29, 0.717) is 36.9 Å². The van der Waals surface area contributed by atoms with Crippen molar-refractivity contribution in [3.05, 3.63) is 16.5 Å². The van der Waals surface area contributed by atoms with E-state index in [1.807, 2.05) is 4.90 Å². The van der Waals surface area contributed by atoms with Crippen molar-refractivity contribution in [2.45, 2.75) is 23.5 Å². The maximum absolute atomic E-state index is 12.7. The summed E-state index contributed by atoms with van der Waals surface area (Å²) in [5, 5.41) is 3.26. The van der Waals surface area contributed by atoms with Gasteiger partial charge in [-0.15, -0.1) is 11.3 Å². The highest BCUT2D eigenvalue weighted by atomic mass is 35.5. The van der Waals surface area contributed by atoms with E-state index in [-0.39, 0.29) is 16.0 Å². The fourth-order valence-corrected chi connectivity index (χ4v) is 6.35. The van der Waals surface area contributed by atoms with Gasteiger partial charge in [0.15, 0.2) is 0 Å². The summed E-state index contributed by atoms with van der Waals surface area (Å²) < 4.78 is 27.6. The van der Waals surface area contributed by atoms with Gasteiger partial charge in [0.2, 0.25) is 5.91 Å². The maximum atomic E-state index is 12.7. The average molecular weight is 392 g/mol. The van der Waals surface area contributed by atoms with Crippen molar-refractivity contribution in [1.29, 1.82) is 0 Å². The van der Waals surface area contributed by atoms with Crippen LogP contribution >= 0.6 is 22.9 Å². The first-order valence-electron chi connectivity index (χ1n) is 8.23. The molecule has 134 valence electrons. The van der Waals surface area contributed by atoms with Gasteiger partial charge in [-0.05, 0) is 37.9 Å². The molecule has 1 atom stereocenters. The largest absolute Gasteiger partial charge is 0.341 e. The summed E-state index contributed by atoms with van der Waals surface area (Å²) in [5.41, 5.74) is 0. The Balaban J connectivity index is 1.65. The fraction of sp³-hybridized carbons (Fsp3) is 0.667. The van der Waals surface area contributed by atoms with Crippen molar-refractivity contribution >= 4 is 38.9 Å². The van der Waals surface area contributed by atoms with Crippen molar-refractivity contribution < 1.29 is 13.2 Å². The van der Waals surface area contributed by atoms with E-state index >= 15 is 0 Å². The van der Waals surface area contributed by atoms with Crippen molar-refractivity contribution in [2.24, 2.45) is 5.92 Å². The number of hydrogen-bond acceptors (Lipinski definition) is 5. The summed E-state index contributed by atoms with van der Waals surface area (Å²) >= 11 is 6.94. The van der Waals surface area contributed by atoms with Gasteiger partial charge in [-0.25, -0.2) is 8.42 Å². The molecule has 2 aliphatic heterocycles. The smallest absolute Gasteiger partial charge is 0.252 e. The third kappa shape index (κ3) is 3.94. The van der Waals surface area contributed by atoms with Crippen LogP contribution in [0.5, 0.6) is 0 Å². The Labute approximate surface area is 151 Å². The number of nitrogens with one attached hydrogen (secondary N) is 1. The molecule has 3 heterocycles. The number of thiophene rings is 1. The molecule has 1 unspecified atom stereocenters. The van der Waals surface area contributed by atoms with Gasteiger partial charge < -0.3 is 10.2 Å². The van der Waals surface area contributed by atoms with Gasteiger partial charge in [-0.1, -0.05) is 11.6 Å². The lowest BCUT2D eigenvalue weighted by Gasteiger charge is -2.28. The molecule has 1 aromatic heterocycles. The molecule has 9 heteroatoms. The lowest BCUT2D eigenvalue weighted by atomic mass is 9.98.